The minimum absolute atomic E-state index is 0.0236. The van der Waals surface area contributed by atoms with E-state index in [2.05, 4.69) is 0 Å². The summed E-state index contributed by atoms with van der Waals surface area (Å²) in [4.78, 5) is 24.7. The summed E-state index contributed by atoms with van der Waals surface area (Å²) in [6.45, 7) is 8.19. The molecule has 0 bridgehead atoms. The number of halogens is 3. The summed E-state index contributed by atoms with van der Waals surface area (Å²) in [6, 6.07) is 5.98. The summed E-state index contributed by atoms with van der Waals surface area (Å²) in [6.07, 6.45) is -0.672. The largest absolute Gasteiger partial charge is 0.451 e. The van der Waals surface area contributed by atoms with Crippen molar-refractivity contribution < 1.29 is 41.7 Å². The van der Waals surface area contributed by atoms with Gasteiger partial charge in [-0.3, -0.25) is 10.0 Å². The van der Waals surface area contributed by atoms with E-state index in [4.69, 9.17) is 14.7 Å². The highest BCUT2D eigenvalue weighted by Gasteiger charge is 2.25. The Morgan fingerprint density at radius 3 is 2.05 bits per heavy atom. The molecular weight excluding hydrogens is 515 g/mol. The summed E-state index contributed by atoms with van der Waals surface area (Å²) < 4.78 is 66.7. The van der Waals surface area contributed by atoms with Crippen LogP contribution in [0, 0.1) is 17.5 Å². The fourth-order valence-electron chi connectivity index (χ4n) is 2.61. The highest BCUT2D eigenvalue weighted by Crippen LogP contribution is 2.30. The van der Waals surface area contributed by atoms with Crippen LogP contribution in [0.1, 0.15) is 34.6 Å². The molecule has 0 aliphatic rings. The van der Waals surface area contributed by atoms with E-state index < -0.39 is 58.3 Å². The smallest absolute Gasteiger partial charge is 0.410 e. The van der Waals surface area contributed by atoms with Gasteiger partial charge < -0.3 is 14.4 Å². The normalized spacial score (nSPS) is 11.8. The molecule has 0 heterocycles. The summed E-state index contributed by atoms with van der Waals surface area (Å²) >= 11 is 0. The van der Waals surface area contributed by atoms with Gasteiger partial charge in [-0.2, -0.15) is 0 Å². The van der Waals surface area contributed by atoms with E-state index in [-0.39, 0.29) is 23.7 Å². The molecule has 2 amide bonds. The van der Waals surface area contributed by atoms with E-state index in [0.717, 1.165) is 28.6 Å². The topological polar surface area (TPSA) is 108 Å². The van der Waals surface area contributed by atoms with Gasteiger partial charge in [-0.1, -0.05) is 13.8 Å². The van der Waals surface area contributed by atoms with Crippen LogP contribution in [0.2, 0.25) is 0 Å². The van der Waals surface area contributed by atoms with Gasteiger partial charge in [0, 0.05) is 20.1 Å². The van der Waals surface area contributed by atoms with Crippen molar-refractivity contribution in [2.45, 2.75) is 45.1 Å². The van der Waals surface area contributed by atoms with E-state index in [1.165, 1.54) is 29.6 Å². The molecule has 0 fully saturated rings. The Bertz CT molecular complexity index is 1060. The standard InChI is InChI=1S/C22H26F3N3O6S.C2H6/c1-22(2,3)34-21(30)27(4)9-10-28(13-19(29)26-31)35(32)16-11-17(24)20(18(25)12-16)33-15-7-5-14(23)6-8-15;1-2/h5-8,11-12,31H,9-10,13H2,1-4H3,(H,26,29);1-2H3. The zero-order valence-electron chi connectivity index (χ0n) is 21.5. The second-order valence-corrected chi connectivity index (χ2v) is 9.81. The first kappa shape index (κ1) is 31.9. The zero-order valence-corrected chi connectivity index (χ0v) is 22.3. The van der Waals surface area contributed by atoms with Gasteiger partial charge in [0.25, 0.3) is 5.91 Å². The molecule has 0 aliphatic carbocycles. The van der Waals surface area contributed by atoms with Gasteiger partial charge in [-0.15, -0.1) is 0 Å². The number of benzene rings is 2. The summed E-state index contributed by atoms with van der Waals surface area (Å²) in [5, 5.41) is 8.84. The quantitative estimate of drug-likeness (QED) is 0.350. The van der Waals surface area contributed by atoms with Gasteiger partial charge in [0.05, 0.1) is 11.4 Å². The van der Waals surface area contributed by atoms with Gasteiger partial charge in [0.1, 0.15) is 28.2 Å². The van der Waals surface area contributed by atoms with E-state index >= 15 is 0 Å². The first-order valence-corrected chi connectivity index (χ1v) is 12.4. The third kappa shape index (κ3) is 10.4. The van der Waals surface area contributed by atoms with Crippen LogP contribution in [0.25, 0.3) is 0 Å². The molecule has 2 rings (SSSR count). The van der Waals surface area contributed by atoms with Crippen molar-refractivity contribution in [2.24, 2.45) is 0 Å². The number of amides is 2. The Labute approximate surface area is 216 Å². The van der Waals surface area contributed by atoms with Gasteiger partial charge >= 0.3 is 6.09 Å². The number of nitrogens with one attached hydrogen (secondary N) is 1. The van der Waals surface area contributed by atoms with E-state index in [9.17, 15) is 27.0 Å². The molecule has 2 aromatic rings. The van der Waals surface area contributed by atoms with E-state index in [0.29, 0.717) is 0 Å². The molecule has 0 spiro atoms. The highest BCUT2D eigenvalue weighted by molar-refractivity contribution is 7.82. The number of hydrogen-bond donors (Lipinski definition) is 2. The molecule has 13 heteroatoms. The van der Waals surface area contributed by atoms with Crippen molar-refractivity contribution in [3.63, 3.8) is 0 Å². The van der Waals surface area contributed by atoms with Gasteiger partial charge in [0.2, 0.25) is 0 Å². The monoisotopic (exact) mass is 547 g/mol. The molecule has 1 atom stereocenters. The fraction of sp³-hybridized carbons (Fsp3) is 0.417. The summed E-state index contributed by atoms with van der Waals surface area (Å²) in [7, 11) is -0.854. The molecule has 1 unspecified atom stereocenters. The summed E-state index contributed by atoms with van der Waals surface area (Å²) in [5.74, 6) is -4.68. The average molecular weight is 548 g/mol. The number of hydrogen-bond acceptors (Lipinski definition) is 6. The van der Waals surface area contributed by atoms with Crippen molar-refractivity contribution >= 4 is 23.0 Å². The lowest BCUT2D eigenvalue weighted by Gasteiger charge is -2.27. The fourth-order valence-corrected chi connectivity index (χ4v) is 3.80. The van der Waals surface area contributed by atoms with Crippen molar-refractivity contribution in [3.8, 4) is 11.5 Å². The molecule has 0 saturated carbocycles. The Morgan fingerprint density at radius 1 is 1.03 bits per heavy atom. The molecule has 37 heavy (non-hydrogen) atoms. The van der Waals surface area contributed by atoms with Gasteiger partial charge in [-0.25, -0.2) is 32.0 Å². The third-order valence-corrected chi connectivity index (χ3v) is 5.70. The number of ether oxygens (including phenoxy) is 2. The average Bonchev–Trinajstić information content (AvgIpc) is 2.84. The first-order valence-electron chi connectivity index (χ1n) is 11.3. The van der Waals surface area contributed by atoms with Crippen molar-refractivity contribution in [2.75, 3.05) is 26.7 Å². The molecule has 206 valence electrons. The van der Waals surface area contributed by atoms with Crippen molar-refractivity contribution in [3.05, 3.63) is 53.8 Å². The lowest BCUT2D eigenvalue weighted by Crippen LogP contribution is -2.43. The number of nitrogens with zero attached hydrogens (tertiary/aromatic N) is 2. The lowest BCUT2D eigenvalue weighted by molar-refractivity contribution is -0.129. The van der Waals surface area contributed by atoms with Crippen LogP contribution in [0.15, 0.2) is 41.3 Å². The number of rotatable bonds is 9. The van der Waals surface area contributed by atoms with Crippen LogP contribution in [0.3, 0.4) is 0 Å². The Kier molecular flexibility index (Phi) is 12.5. The maximum Gasteiger partial charge on any atom is 0.410 e. The van der Waals surface area contributed by atoms with Crippen LogP contribution in [0.5, 0.6) is 11.5 Å². The molecule has 0 saturated heterocycles. The molecule has 2 N–H and O–H groups in total. The van der Waals surface area contributed by atoms with Crippen LogP contribution < -0.4 is 10.2 Å². The summed E-state index contributed by atoms with van der Waals surface area (Å²) in [5.41, 5.74) is 0.639. The number of carbonyl (C=O) groups excluding carboxylic acids is 2. The maximum absolute atomic E-state index is 14.6. The van der Waals surface area contributed by atoms with Gasteiger partial charge in [0.15, 0.2) is 17.4 Å². The maximum atomic E-state index is 14.6. The van der Waals surface area contributed by atoms with Crippen LogP contribution >= 0.6 is 0 Å². The zero-order chi connectivity index (χ0) is 28.3. The predicted octanol–water partition coefficient (Wildman–Crippen LogP) is 4.62. The Morgan fingerprint density at radius 2 is 1.57 bits per heavy atom. The second-order valence-electron chi connectivity index (χ2n) is 8.32. The molecule has 0 aliphatic heterocycles. The molecule has 0 radical (unpaired) electrons. The molecule has 2 aromatic carbocycles. The van der Waals surface area contributed by atoms with Gasteiger partial charge in [-0.05, 0) is 57.2 Å². The predicted molar refractivity (Wildman–Crippen MR) is 131 cm³/mol. The first-order chi connectivity index (χ1) is 17.3. The minimum Gasteiger partial charge on any atom is -0.451 e. The number of likely N-dealkylation sites (N-methyl/N-ethyl adjacent to an activating group) is 1. The Balaban J connectivity index is 0.00000334. The third-order valence-electron chi connectivity index (χ3n) is 4.28. The number of hydroxylamine groups is 1. The highest BCUT2D eigenvalue weighted by atomic mass is 32.2. The SMILES string of the molecule is CC.CN(CCN(CC(=O)NO)S(=O)c1cc(F)c(Oc2ccc(F)cc2)c(F)c1)C(=O)OC(C)(C)C. The molecule has 9 nitrogen and oxygen atoms in total. The molecular formula is C24H32F3N3O6S. The van der Waals surface area contributed by atoms with E-state index in [1.807, 2.05) is 13.8 Å². The van der Waals surface area contributed by atoms with Crippen molar-refractivity contribution in [1.29, 1.82) is 0 Å². The second kappa shape index (κ2) is 14.5. The minimum atomic E-state index is -2.27. The molecule has 0 aromatic heterocycles. The van der Waals surface area contributed by atoms with Crippen molar-refractivity contribution in [1.82, 2.24) is 14.7 Å². The number of carbonyl (C=O) groups is 2. The lowest BCUT2D eigenvalue weighted by atomic mass is 10.2. The Hall–Kier alpha value is -3.16. The van der Waals surface area contributed by atoms with Crippen LogP contribution in [-0.4, -0.2) is 62.9 Å². The van der Waals surface area contributed by atoms with Crippen LogP contribution in [-0.2, 0) is 20.5 Å². The van der Waals surface area contributed by atoms with E-state index in [1.54, 1.807) is 20.8 Å². The van der Waals surface area contributed by atoms with Crippen LogP contribution in [0.4, 0.5) is 18.0 Å².